The smallest absolute Gasteiger partial charge is 0.270 e. The van der Waals surface area contributed by atoms with Gasteiger partial charge >= 0.3 is 0 Å². The van der Waals surface area contributed by atoms with Gasteiger partial charge in [0.2, 0.25) is 0 Å². The van der Waals surface area contributed by atoms with E-state index in [4.69, 9.17) is 18.6 Å². The number of ether oxygens (including phenoxy) is 2. The first-order valence-electron chi connectivity index (χ1n) is 7.30. The van der Waals surface area contributed by atoms with Gasteiger partial charge in [-0.1, -0.05) is 0 Å². The van der Waals surface area contributed by atoms with E-state index in [0.29, 0.717) is 19.6 Å². The lowest BCUT2D eigenvalue weighted by atomic mass is 10.1. The third-order valence-corrected chi connectivity index (χ3v) is 6.87. The van der Waals surface area contributed by atoms with E-state index in [1.54, 1.807) is 0 Å². The van der Waals surface area contributed by atoms with Crippen molar-refractivity contribution < 1.29 is 35.4 Å². The van der Waals surface area contributed by atoms with Gasteiger partial charge in [0.05, 0.1) is 9.49 Å². The molecule has 0 aromatic rings. The van der Waals surface area contributed by atoms with Crippen LogP contribution in [0, 0.1) is 0 Å². The van der Waals surface area contributed by atoms with Crippen LogP contribution in [0.5, 0.6) is 0 Å². The molecule has 0 aliphatic rings. The predicted molar refractivity (Wildman–Crippen MR) is 86.7 cm³/mol. The lowest BCUT2D eigenvalue weighted by Crippen LogP contribution is -2.33. The van der Waals surface area contributed by atoms with Crippen LogP contribution in [-0.2, 0) is 29.7 Å². The highest BCUT2D eigenvalue weighted by molar-refractivity contribution is 7.87. The Hall–Kier alpha value is -0.260. The minimum Gasteiger partial charge on any atom is -0.381 e. The maximum absolute atomic E-state index is 11.1. The van der Waals surface area contributed by atoms with Crippen LogP contribution in [0.2, 0.25) is 0 Å². The summed E-state index contributed by atoms with van der Waals surface area (Å²) in [5, 5.41) is 0. The van der Waals surface area contributed by atoms with Crippen LogP contribution in [-0.4, -0.2) is 61.9 Å². The van der Waals surface area contributed by atoms with Crippen molar-refractivity contribution >= 4 is 20.2 Å². The molecule has 0 saturated carbocycles. The lowest BCUT2D eigenvalue weighted by Gasteiger charge is -2.21. The standard InChI is InChI=1S/C13H28O8S2/c1-12(2,22(14,15)16)6-10-20-8-5-9-21-11-7-13(3,4)23(17,18)19/h5-11H2,1-4H3,(H,14,15,16)(H,17,18,19). The fraction of sp³-hybridized carbons (Fsp3) is 1.00. The van der Waals surface area contributed by atoms with Gasteiger partial charge in [0, 0.05) is 26.4 Å². The first-order valence-corrected chi connectivity index (χ1v) is 10.2. The second-order valence-electron chi connectivity index (χ2n) is 6.55. The van der Waals surface area contributed by atoms with Crippen LogP contribution in [0.3, 0.4) is 0 Å². The normalized spacial score (nSPS) is 14.2. The Bertz CT molecular complexity index is 499. The van der Waals surface area contributed by atoms with Crippen LogP contribution in [0.15, 0.2) is 0 Å². The minimum absolute atomic E-state index is 0.176. The number of hydrogen-bond acceptors (Lipinski definition) is 6. The average Bonchev–Trinajstić information content (AvgIpc) is 2.33. The second-order valence-corrected chi connectivity index (χ2v) is 10.7. The van der Waals surface area contributed by atoms with Crippen molar-refractivity contribution in [3.63, 3.8) is 0 Å². The molecular formula is C13H28O8S2. The summed E-state index contributed by atoms with van der Waals surface area (Å²) in [7, 11) is -8.21. The molecule has 2 N–H and O–H groups in total. The largest absolute Gasteiger partial charge is 0.381 e. The third kappa shape index (κ3) is 8.41. The topological polar surface area (TPSA) is 127 Å². The lowest BCUT2D eigenvalue weighted by molar-refractivity contribution is 0.0759. The minimum atomic E-state index is -4.11. The molecule has 0 bridgehead atoms. The van der Waals surface area contributed by atoms with Crippen molar-refractivity contribution in [3.8, 4) is 0 Å². The average molecular weight is 376 g/mol. The van der Waals surface area contributed by atoms with E-state index in [1.165, 1.54) is 27.7 Å². The van der Waals surface area contributed by atoms with E-state index in [0.717, 1.165) is 0 Å². The van der Waals surface area contributed by atoms with Crippen molar-refractivity contribution in [1.82, 2.24) is 0 Å². The van der Waals surface area contributed by atoms with Gasteiger partial charge in [0.15, 0.2) is 0 Å². The SMILES string of the molecule is CC(C)(CCOCCCOCCC(C)(C)S(=O)(=O)O)S(=O)(=O)O. The molecule has 0 unspecified atom stereocenters. The zero-order valence-corrected chi connectivity index (χ0v) is 15.7. The van der Waals surface area contributed by atoms with Gasteiger partial charge in [-0.2, -0.15) is 16.8 Å². The Kier molecular flexibility index (Phi) is 8.63. The summed E-state index contributed by atoms with van der Waals surface area (Å²) < 4.78 is 70.3. The quantitative estimate of drug-likeness (QED) is 0.388. The van der Waals surface area contributed by atoms with Gasteiger partial charge in [-0.15, -0.1) is 0 Å². The molecule has 10 heteroatoms. The summed E-state index contributed by atoms with van der Waals surface area (Å²) in [5.74, 6) is 0. The zero-order chi connectivity index (χ0) is 18.4. The number of hydrogen-bond donors (Lipinski definition) is 2. The molecule has 0 atom stereocenters. The van der Waals surface area contributed by atoms with Gasteiger partial charge in [0.25, 0.3) is 20.2 Å². The first-order chi connectivity index (χ1) is 10.2. The Balaban J connectivity index is 3.74. The molecule has 0 radical (unpaired) electrons. The summed E-state index contributed by atoms with van der Waals surface area (Å²) in [6.45, 7) is 6.81. The van der Waals surface area contributed by atoms with Crippen molar-refractivity contribution in [3.05, 3.63) is 0 Å². The van der Waals surface area contributed by atoms with Gasteiger partial charge < -0.3 is 9.47 Å². The van der Waals surface area contributed by atoms with Crippen LogP contribution in [0.4, 0.5) is 0 Å². The highest BCUT2D eigenvalue weighted by atomic mass is 32.2. The van der Waals surface area contributed by atoms with Crippen molar-refractivity contribution in [1.29, 1.82) is 0 Å². The molecule has 0 heterocycles. The molecule has 0 amide bonds. The van der Waals surface area contributed by atoms with E-state index in [2.05, 4.69) is 0 Å². The van der Waals surface area contributed by atoms with Crippen LogP contribution in [0.25, 0.3) is 0 Å². The highest BCUT2D eigenvalue weighted by Crippen LogP contribution is 2.20. The molecule has 0 spiro atoms. The zero-order valence-electron chi connectivity index (χ0n) is 14.1. The molecule has 0 saturated heterocycles. The first kappa shape index (κ1) is 22.7. The van der Waals surface area contributed by atoms with Crippen molar-refractivity contribution in [2.45, 2.75) is 56.5 Å². The maximum Gasteiger partial charge on any atom is 0.270 e. The molecule has 0 aliphatic heterocycles. The molecule has 23 heavy (non-hydrogen) atoms. The molecule has 0 aromatic heterocycles. The fourth-order valence-electron chi connectivity index (χ4n) is 1.36. The van der Waals surface area contributed by atoms with E-state index in [-0.39, 0.29) is 26.1 Å². The van der Waals surface area contributed by atoms with Gasteiger partial charge in [0.1, 0.15) is 0 Å². The fourth-order valence-corrected chi connectivity index (χ4v) is 2.04. The Morgan fingerprint density at radius 1 is 0.696 bits per heavy atom. The third-order valence-electron chi connectivity index (χ3n) is 3.67. The molecule has 0 aliphatic carbocycles. The van der Waals surface area contributed by atoms with Crippen molar-refractivity contribution in [2.75, 3.05) is 26.4 Å². The van der Waals surface area contributed by atoms with Gasteiger partial charge in [-0.25, -0.2) is 0 Å². The molecular weight excluding hydrogens is 348 g/mol. The molecule has 0 aromatic carbocycles. The maximum atomic E-state index is 11.1. The van der Waals surface area contributed by atoms with E-state index in [1.807, 2.05) is 0 Å². The highest BCUT2D eigenvalue weighted by Gasteiger charge is 2.32. The Morgan fingerprint density at radius 3 is 1.26 bits per heavy atom. The van der Waals surface area contributed by atoms with E-state index < -0.39 is 29.7 Å². The Labute approximate surface area is 139 Å². The predicted octanol–water partition coefficient (Wildman–Crippen LogP) is 1.52. The van der Waals surface area contributed by atoms with Crippen LogP contribution >= 0.6 is 0 Å². The van der Waals surface area contributed by atoms with Gasteiger partial charge in [-0.3, -0.25) is 9.11 Å². The van der Waals surface area contributed by atoms with E-state index >= 15 is 0 Å². The van der Waals surface area contributed by atoms with E-state index in [9.17, 15) is 16.8 Å². The summed E-state index contributed by atoms with van der Waals surface area (Å²) in [5.41, 5.74) is 0. The van der Waals surface area contributed by atoms with Crippen molar-refractivity contribution in [2.24, 2.45) is 0 Å². The molecule has 0 fully saturated rings. The monoisotopic (exact) mass is 376 g/mol. The molecule has 8 nitrogen and oxygen atoms in total. The molecule has 140 valence electrons. The van der Waals surface area contributed by atoms with Crippen LogP contribution < -0.4 is 0 Å². The Morgan fingerprint density at radius 2 is 1.00 bits per heavy atom. The summed E-state index contributed by atoms with van der Waals surface area (Å²) in [6, 6.07) is 0. The number of rotatable bonds is 12. The summed E-state index contributed by atoms with van der Waals surface area (Å²) >= 11 is 0. The second kappa shape index (κ2) is 8.72. The van der Waals surface area contributed by atoms with Crippen LogP contribution in [0.1, 0.15) is 47.0 Å². The molecule has 0 rings (SSSR count). The van der Waals surface area contributed by atoms with Gasteiger partial charge in [-0.05, 0) is 47.0 Å². The summed E-state index contributed by atoms with van der Waals surface area (Å²) in [4.78, 5) is 0. The summed E-state index contributed by atoms with van der Waals surface area (Å²) in [6.07, 6.45) is 0.920.